The number of nitrogens with zero attached hydrogens (tertiary/aromatic N) is 4. The maximum atomic E-state index is 6.31. The van der Waals surface area contributed by atoms with E-state index in [1.165, 1.54) is 0 Å². The van der Waals surface area contributed by atoms with Gasteiger partial charge in [-0.2, -0.15) is 5.10 Å². The van der Waals surface area contributed by atoms with Gasteiger partial charge in [0.05, 0.1) is 12.3 Å². The summed E-state index contributed by atoms with van der Waals surface area (Å²) >= 11 is 6.31. The number of hydrogen-bond acceptors (Lipinski definition) is 4. The molecule has 1 aromatic rings. The third-order valence-corrected chi connectivity index (χ3v) is 4.56. The zero-order valence-corrected chi connectivity index (χ0v) is 13.7. The lowest BCUT2D eigenvalue weighted by molar-refractivity contribution is 0.0557. The molecule has 0 saturated carbocycles. The Labute approximate surface area is 126 Å². The number of ether oxygens (including phenoxy) is 1. The molecular weight excluding hydrogens is 276 g/mol. The van der Waals surface area contributed by atoms with Gasteiger partial charge in [0.1, 0.15) is 5.15 Å². The highest BCUT2D eigenvalue weighted by Crippen LogP contribution is 2.22. The molecule has 6 heteroatoms. The predicted molar refractivity (Wildman–Crippen MR) is 81.1 cm³/mol. The van der Waals surface area contributed by atoms with E-state index in [0.717, 1.165) is 55.7 Å². The number of rotatable bonds is 5. The van der Waals surface area contributed by atoms with E-state index in [2.05, 4.69) is 21.8 Å². The van der Waals surface area contributed by atoms with Crippen LogP contribution in [-0.2, 0) is 18.3 Å². The van der Waals surface area contributed by atoms with Gasteiger partial charge >= 0.3 is 0 Å². The highest BCUT2D eigenvalue weighted by Gasteiger charge is 2.24. The third kappa shape index (κ3) is 3.52. The van der Waals surface area contributed by atoms with E-state index in [1.807, 2.05) is 14.0 Å². The Morgan fingerprint density at radius 3 is 2.70 bits per heavy atom. The minimum Gasteiger partial charge on any atom is -0.383 e. The maximum Gasteiger partial charge on any atom is 0.131 e. The van der Waals surface area contributed by atoms with Crippen molar-refractivity contribution in [2.24, 2.45) is 7.05 Å². The summed E-state index contributed by atoms with van der Waals surface area (Å²) in [7, 11) is 3.65. The number of aryl methyl sites for hydroxylation is 2. The molecule has 0 aromatic carbocycles. The van der Waals surface area contributed by atoms with Gasteiger partial charge in [-0.25, -0.2) is 0 Å². The zero-order chi connectivity index (χ0) is 14.7. The Bertz CT molecular complexity index is 449. The molecule has 20 heavy (non-hydrogen) atoms. The molecular formula is C14H25ClN4O. The summed E-state index contributed by atoms with van der Waals surface area (Å²) in [4.78, 5) is 4.95. The van der Waals surface area contributed by atoms with Crippen molar-refractivity contribution >= 4 is 11.6 Å². The molecule has 1 aliphatic rings. The van der Waals surface area contributed by atoms with E-state index in [9.17, 15) is 0 Å². The normalized spacial score (nSPS) is 21.6. The van der Waals surface area contributed by atoms with Crippen molar-refractivity contribution in [3.8, 4) is 0 Å². The van der Waals surface area contributed by atoms with E-state index < -0.39 is 0 Å². The van der Waals surface area contributed by atoms with Crippen LogP contribution in [0.2, 0.25) is 5.15 Å². The Hall–Kier alpha value is -0.620. The SMILES string of the molecule is COCCN1CCN(Cc2c(C)nn(C)c2Cl)CC1C. The Morgan fingerprint density at radius 2 is 2.15 bits per heavy atom. The summed E-state index contributed by atoms with van der Waals surface area (Å²) in [5.74, 6) is 0. The average molecular weight is 301 g/mol. The van der Waals surface area contributed by atoms with Crippen molar-refractivity contribution in [3.63, 3.8) is 0 Å². The van der Waals surface area contributed by atoms with Crippen LogP contribution in [0, 0.1) is 6.92 Å². The van der Waals surface area contributed by atoms with Gasteiger partial charge in [-0.15, -0.1) is 0 Å². The first-order chi connectivity index (χ1) is 9.52. The number of halogens is 1. The van der Waals surface area contributed by atoms with Crippen LogP contribution in [0.3, 0.4) is 0 Å². The molecule has 0 spiro atoms. The molecule has 1 aromatic heterocycles. The van der Waals surface area contributed by atoms with Crippen LogP contribution in [0.5, 0.6) is 0 Å². The molecule has 1 saturated heterocycles. The molecule has 0 amide bonds. The van der Waals surface area contributed by atoms with Crippen molar-refractivity contribution in [1.82, 2.24) is 19.6 Å². The standard InChI is InChI=1S/C14H25ClN4O/c1-11-9-18(5-6-19(11)7-8-20-4)10-13-12(2)16-17(3)14(13)15/h11H,5-10H2,1-4H3. The minimum atomic E-state index is 0.551. The average Bonchev–Trinajstić information content (AvgIpc) is 2.64. The molecule has 0 N–H and O–H groups in total. The van der Waals surface area contributed by atoms with Crippen LogP contribution in [0.15, 0.2) is 0 Å². The van der Waals surface area contributed by atoms with E-state index >= 15 is 0 Å². The van der Waals surface area contributed by atoms with Gasteiger partial charge < -0.3 is 4.74 Å². The van der Waals surface area contributed by atoms with Crippen LogP contribution in [0.4, 0.5) is 0 Å². The molecule has 2 rings (SSSR count). The van der Waals surface area contributed by atoms with E-state index in [0.29, 0.717) is 6.04 Å². The van der Waals surface area contributed by atoms with Gasteiger partial charge in [-0.05, 0) is 13.8 Å². The van der Waals surface area contributed by atoms with E-state index in [-0.39, 0.29) is 0 Å². The highest BCUT2D eigenvalue weighted by atomic mass is 35.5. The molecule has 114 valence electrons. The van der Waals surface area contributed by atoms with Crippen LogP contribution < -0.4 is 0 Å². The first kappa shape index (κ1) is 15.8. The van der Waals surface area contributed by atoms with E-state index in [4.69, 9.17) is 16.3 Å². The lowest BCUT2D eigenvalue weighted by atomic mass is 10.1. The fourth-order valence-electron chi connectivity index (χ4n) is 2.83. The van der Waals surface area contributed by atoms with Gasteiger partial charge in [0.2, 0.25) is 0 Å². The van der Waals surface area contributed by atoms with Crippen molar-refractivity contribution in [3.05, 3.63) is 16.4 Å². The van der Waals surface area contributed by atoms with Crippen molar-refractivity contribution in [1.29, 1.82) is 0 Å². The summed E-state index contributed by atoms with van der Waals surface area (Å²) in [6.45, 7) is 10.2. The van der Waals surface area contributed by atoms with Crippen LogP contribution >= 0.6 is 11.6 Å². The molecule has 5 nitrogen and oxygen atoms in total. The quantitative estimate of drug-likeness (QED) is 0.826. The monoisotopic (exact) mass is 300 g/mol. The molecule has 1 aliphatic heterocycles. The highest BCUT2D eigenvalue weighted by molar-refractivity contribution is 6.30. The molecule has 1 unspecified atom stereocenters. The second kappa shape index (κ2) is 6.89. The summed E-state index contributed by atoms with van der Waals surface area (Å²) in [6, 6.07) is 0.551. The number of methoxy groups -OCH3 is 1. The van der Waals surface area contributed by atoms with Crippen molar-refractivity contribution < 1.29 is 4.74 Å². The zero-order valence-electron chi connectivity index (χ0n) is 12.9. The summed E-state index contributed by atoms with van der Waals surface area (Å²) in [6.07, 6.45) is 0. The molecule has 0 bridgehead atoms. The lowest BCUT2D eigenvalue weighted by Crippen LogP contribution is -2.52. The summed E-state index contributed by atoms with van der Waals surface area (Å²) in [5.41, 5.74) is 2.19. The smallest absolute Gasteiger partial charge is 0.131 e. The summed E-state index contributed by atoms with van der Waals surface area (Å²) < 4.78 is 6.92. The van der Waals surface area contributed by atoms with Gasteiger partial charge in [0.15, 0.2) is 0 Å². The van der Waals surface area contributed by atoms with Gasteiger partial charge in [0.25, 0.3) is 0 Å². The Morgan fingerprint density at radius 1 is 1.40 bits per heavy atom. The molecule has 0 aliphatic carbocycles. The largest absolute Gasteiger partial charge is 0.383 e. The second-order valence-corrected chi connectivity index (χ2v) is 5.95. The van der Waals surface area contributed by atoms with Crippen LogP contribution in [-0.4, -0.2) is 65.5 Å². The topological polar surface area (TPSA) is 33.5 Å². The van der Waals surface area contributed by atoms with Crippen molar-refractivity contribution in [2.45, 2.75) is 26.4 Å². The van der Waals surface area contributed by atoms with Crippen molar-refractivity contribution in [2.75, 3.05) is 39.9 Å². The first-order valence-electron chi connectivity index (χ1n) is 7.16. The number of piperazine rings is 1. The first-order valence-corrected chi connectivity index (χ1v) is 7.54. The fraction of sp³-hybridized carbons (Fsp3) is 0.786. The van der Waals surface area contributed by atoms with Crippen LogP contribution in [0.1, 0.15) is 18.2 Å². The molecule has 1 atom stereocenters. The predicted octanol–water partition coefficient (Wildman–Crippen LogP) is 1.53. The number of hydrogen-bond donors (Lipinski definition) is 0. The lowest BCUT2D eigenvalue weighted by Gasteiger charge is -2.39. The Kier molecular flexibility index (Phi) is 5.43. The molecule has 0 radical (unpaired) electrons. The fourth-order valence-corrected chi connectivity index (χ4v) is 3.07. The number of aromatic nitrogens is 2. The minimum absolute atomic E-state index is 0.551. The maximum absolute atomic E-state index is 6.31. The van der Waals surface area contributed by atoms with Gasteiger partial charge in [0, 0.05) is 58.5 Å². The van der Waals surface area contributed by atoms with Gasteiger partial charge in [-0.1, -0.05) is 11.6 Å². The van der Waals surface area contributed by atoms with Gasteiger partial charge in [-0.3, -0.25) is 14.5 Å². The van der Waals surface area contributed by atoms with E-state index in [1.54, 1.807) is 11.8 Å². The van der Waals surface area contributed by atoms with Crippen LogP contribution in [0.25, 0.3) is 0 Å². The Balaban J connectivity index is 1.93. The summed E-state index contributed by atoms with van der Waals surface area (Å²) in [5, 5.41) is 5.14. The molecule has 1 fully saturated rings. The third-order valence-electron chi connectivity index (χ3n) is 4.08. The molecule has 2 heterocycles. The second-order valence-electron chi connectivity index (χ2n) is 5.59.